The minimum absolute atomic E-state index is 0.432. The zero-order chi connectivity index (χ0) is 30.7. The number of ether oxygens (including phenoxy) is 11. The predicted octanol–water partition coefficient (Wildman–Crippen LogP) is 1.26. The van der Waals surface area contributed by atoms with E-state index in [9.17, 15) is 4.79 Å². The molecular weight excluding hydrogens is 566 g/mol. The van der Waals surface area contributed by atoms with E-state index in [1.807, 2.05) is 7.05 Å². The molecule has 13 nitrogen and oxygen atoms in total. The summed E-state index contributed by atoms with van der Waals surface area (Å²) in [6, 6.07) is 6.94. The fourth-order valence-corrected chi connectivity index (χ4v) is 3.12. The molecule has 0 saturated carbocycles. The van der Waals surface area contributed by atoms with Crippen LogP contribution in [0.15, 0.2) is 24.3 Å². The zero-order valence-corrected chi connectivity index (χ0v) is 25.8. The van der Waals surface area contributed by atoms with Gasteiger partial charge in [-0.3, -0.25) is 4.79 Å². The van der Waals surface area contributed by atoms with Crippen molar-refractivity contribution in [1.29, 1.82) is 0 Å². The molecule has 13 heteroatoms. The van der Waals surface area contributed by atoms with Crippen molar-refractivity contribution in [2.45, 2.75) is 0 Å². The Kier molecular flexibility index (Phi) is 30.3. The first-order chi connectivity index (χ1) is 21.4. The minimum atomic E-state index is 0.432. The summed E-state index contributed by atoms with van der Waals surface area (Å²) < 4.78 is 60.0. The second-order valence-corrected chi connectivity index (χ2v) is 8.76. The number of likely N-dealkylation sites (N-methyl/N-ethyl adjacent to an activating group) is 1. The Hall–Kier alpha value is -1.75. The first kappa shape index (κ1) is 39.3. The molecule has 1 aromatic rings. The third-order valence-electron chi connectivity index (χ3n) is 5.36. The molecule has 0 spiro atoms. The van der Waals surface area contributed by atoms with Gasteiger partial charge in [-0.15, -0.1) is 0 Å². The number of hydrogen-bond donors (Lipinski definition) is 1. The van der Waals surface area contributed by atoms with E-state index < -0.39 is 0 Å². The van der Waals surface area contributed by atoms with Crippen molar-refractivity contribution in [2.75, 3.05) is 152 Å². The summed E-state index contributed by atoms with van der Waals surface area (Å²) in [7, 11) is 1.89. The van der Waals surface area contributed by atoms with E-state index in [4.69, 9.17) is 52.1 Å². The van der Waals surface area contributed by atoms with Crippen molar-refractivity contribution in [3.63, 3.8) is 0 Å². The van der Waals surface area contributed by atoms with Crippen LogP contribution < -0.4 is 10.1 Å². The Morgan fingerprint density at radius 2 is 0.721 bits per heavy atom. The lowest BCUT2D eigenvalue weighted by atomic mass is 10.2. The highest BCUT2D eigenvalue weighted by atomic mass is 16.6. The summed E-state index contributed by atoms with van der Waals surface area (Å²) in [5.74, 6) is 0.705. The number of rotatable bonds is 35. The van der Waals surface area contributed by atoms with Gasteiger partial charge in [-0.1, -0.05) is 0 Å². The Balaban J connectivity index is 1.64. The second-order valence-electron chi connectivity index (χ2n) is 8.76. The smallest absolute Gasteiger partial charge is 0.150 e. The van der Waals surface area contributed by atoms with Gasteiger partial charge in [0.1, 0.15) is 18.6 Å². The van der Waals surface area contributed by atoms with Crippen LogP contribution in [0, 0.1) is 0 Å². The fraction of sp³-hybridized carbons (Fsp3) is 0.767. The molecule has 250 valence electrons. The van der Waals surface area contributed by atoms with Gasteiger partial charge in [0.2, 0.25) is 0 Å². The second kappa shape index (κ2) is 33.1. The monoisotopic (exact) mass is 619 g/mol. The lowest BCUT2D eigenvalue weighted by molar-refractivity contribution is -0.0266. The molecule has 0 radical (unpaired) electrons. The van der Waals surface area contributed by atoms with Crippen LogP contribution in [0.3, 0.4) is 0 Å². The van der Waals surface area contributed by atoms with E-state index in [2.05, 4.69) is 5.32 Å². The highest BCUT2D eigenvalue weighted by Gasteiger charge is 1.97. The summed E-state index contributed by atoms with van der Waals surface area (Å²) in [6.07, 6.45) is 0.798. The third kappa shape index (κ3) is 28.8. The minimum Gasteiger partial charge on any atom is -0.491 e. The van der Waals surface area contributed by atoms with Gasteiger partial charge in [-0.2, -0.15) is 0 Å². The maximum absolute atomic E-state index is 10.6. The van der Waals surface area contributed by atoms with Gasteiger partial charge in [-0.05, 0) is 31.3 Å². The topological polar surface area (TPSA) is 131 Å². The average Bonchev–Trinajstić information content (AvgIpc) is 3.03. The number of benzene rings is 1. The molecule has 0 unspecified atom stereocenters. The number of hydrogen-bond acceptors (Lipinski definition) is 13. The Labute approximate surface area is 256 Å². The maximum Gasteiger partial charge on any atom is 0.150 e. The van der Waals surface area contributed by atoms with Gasteiger partial charge in [-0.25, -0.2) is 0 Å². The van der Waals surface area contributed by atoms with Crippen LogP contribution in [0.4, 0.5) is 0 Å². The molecule has 0 aliphatic carbocycles. The summed E-state index contributed by atoms with van der Waals surface area (Å²) in [6.45, 7) is 11.8. The molecule has 0 atom stereocenters. The average molecular weight is 620 g/mol. The Morgan fingerprint density at radius 3 is 1.00 bits per heavy atom. The molecule has 0 saturated heterocycles. The highest BCUT2D eigenvalue weighted by molar-refractivity contribution is 5.74. The van der Waals surface area contributed by atoms with Gasteiger partial charge in [0.15, 0.2) is 0 Å². The van der Waals surface area contributed by atoms with E-state index in [1.165, 1.54) is 0 Å². The van der Waals surface area contributed by atoms with Crippen molar-refractivity contribution >= 4 is 6.29 Å². The maximum atomic E-state index is 10.6. The van der Waals surface area contributed by atoms with Crippen LogP contribution in [-0.4, -0.2) is 159 Å². The molecule has 0 aliphatic rings. The molecule has 0 bridgehead atoms. The van der Waals surface area contributed by atoms with Crippen molar-refractivity contribution in [3.05, 3.63) is 29.8 Å². The number of nitrogens with one attached hydrogen (secondary N) is 1. The van der Waals surface area contributed by atoms with Gasteiger partial charge in [0, 0.05) is 12.1 Å². The molecule has 43 heavy (non-hydrogen) atoms. The van der Waals surface area contributed by atoms with E-state index in [0.717, 1.165) is 12.8 Å². The number of carbonyl (C=O) groups is 1. The molecule has 1 aromatic carbocycles. The van der Waals surface area contributed by atoms with Crippen LogP contribution in [0.1, 0.15) is 10.4 Å². The van der Waals surface area contributed by atoms with Crippen LogP contribution in [0.5, 0.6) is 5.75 Å². The first-order valence-electron chi connectivity index (χ1n) is 15.0. The lowest BCUT2D eigenvalue weighted by Gasteiger charge is -2.09. The molecule has 0 heterocycles. The molecule has 1 N–H and O–H groups in total. The lowest BCUT2D eigenvalue weighted by Crippen LogP contribution is -2.17. The van der Waals surface area contributed by atoms with Crippen LogP contribution >= 0.6 is 0 Å². The molecule has 1 rings (SSSR count). The van der Waals surface area contributed by atoms with Crippen molar-refractivity contribution < 1.29 is 56.9 Å². The van der Waals surface area contributed by atoms with Crippen LogP contribution in [0.2, 0.25) is 0 Å². The summed E-state index contributed by atoms with van der Waals surface area (Å²) in [5, 5.41) is 3.02. The molecule has 0 amide bonds. The normalized spacial score (nSPS) is 11.3. The highest BCUT2D eigenvalue weighted by Crippen LogP contribution is 2.10. The standard InChI is InChI=1S/C30H53NO12/c1-31-6-7-33-8-9-34-10-11-35-12-13-36-14-15-37-16-17-38-18-19-39-20-21-40-22-23-41-24-25-42-26-27-43-30-4-2-29(28-32)3-5-30/h2-5,28,31H,6-27H2,1H3. The first-order valence-corrected chi connectivity index (χ1v) is 15.0. The molecule has 0 aromatic heterocycles. The SMILES string of the molecule is CNCCOCCOCCOCCOCCOCCOCCOCCOCCOCCOCCOc1ccc(C=O)cc1. The third-order valence-corrected chi connectivity index (χ3v) is 5.36. The van der Waals surface area contributed by atoms with Gasteiger partial charge in [0.05, 0.1) is 132 Å². The van der Waals surface area contributed by atoms with Crippen molar-refractivity contribution in [1.82, 2.24) is 5.32 Å². The van der Waals surface area contributed by atoms with Gasteiger partial charge in [0.25, 0.3) is 0 Å². The fourth-order valence-electron chi connectivity index (χ4n) is 3.12. The van der Waals surface area contributed by atoms with E-state index in [0.29, 0.717) is 150 Å². The number of aldehydes is 1. The van der Waals surface area contributed by atoms with E-state index in [1.54, 1.807) is 24.3 Å². The van der Waals surface area contributed by atoms with Crippen LogP contribution in [0.25, 0.3) is 0 Å². The van der Waals surface area contributed by atoms with E-state index >= 15 is 0 Å². The largest absolute Gasteiger partial charge is 0.491 e. The predicted molar refractivity (Wildman–Crippen MR) is 159 cm³/mol. The summed E-state index contributed by atoms with van der Waals surface area (Å²) in [4.78, 5) is 10.6. The van der Waals surface area contributed by atoms with Gasteiger partial charge >= 0.3 is 0 Å². The molecule has 0 aliphatic heterocycles. The Bertz CT molecular complexity index is 698. The summed E-state index contributed by atoms with van der Waals surface area (Å²) in [5.41, 5.74) is 0.619. The zero-order valence-electron chi connectivity index (χ0n) is 25.8. The van der Waals surface area contributed by atoms with Crippen molar-refractivity contribution in [3.8, 4) is 5.75 Å². The van der Waals surface area contributed by atoms with Gasteiger partial charge < -0.3 is 57.4 Å². The number of carbonyl (C=O) groups excluding carboxylic acids is 1. The molecule has 0 fully saturated rings. The Morgan fingerprint density at radius 1 is 0.442 bits per heavy atom. The van der Waals surface area contributed by atoms with E-state index in [-0.39, 0.29) is 0 Å². The quantitative estimate of drug-likeness (QED) is 0.0865. The van der Waals surface area contributed by atoms with Crippen molar-refractivity contribution in [2.24, 2.45) is 0 Å². The molecular formula is C30H53NO12. The van der Waals surface area contributed by atoms with Crippen LogP contribution in [-0.2, 0) is 47.4 Å². The summed E-state index contributed by atoms with van der Waals surface area (Å²) >= 11 is 0.